The number of likely N-dealkylation sites (tertiary alicyclic amines) is 1. The molecule has 2 aromatic heterocycles. The monoisotopic (exact) mass is 443 g/mol. The molecule has 0 spiro atoms. The molecule has 0 aromatic carbocycles. The fourth-order valence-corrected chi connectivity index (χ4v) is 4.24. The summed E-state index contributed by atoms with van der Waals surface area (Å²) >= 11 is 6.09. The van der Waals surface area contributed by atoms with E-state index in [1.807, 2.05) is 0 Å². The number of piperidine rings is 1. The van der Waals surface area contributed by atoms with Crippen molar-refractivity contribution in [3.8, 4) is 0 Å². The van der Waals surface area contributed by atoms with Gasteiger partial charge in [-0.25, -0.2) is 9.18 Å². The third kappa shape index (κ3) is 5.58. The molecule has 1 amide bonds. The number of nitrogens with zero attached hydrogens (tertiary/aromatic N) is 4. The lowest BCUT2D eigenvalue weighted by Gasteiger charge is -2.31. The topological polar surface area (TPSA) is 92.5 Å². The van der Waals surface area contributed by atoms with Gasteiger partial charge in [0.15, 0.2) is 11.5 Å². The van der Waals surface area contributed by atoms with Gasteiger partial charge in [0.05, 0.1) is 5.39 Å². The largest absolute Gasteiger partial charge is 0.465 e. The van der Waals surface area contributed by atoms with Crippen molar-refractivity contribution in [3.05, 3.63) is 17.3 Å². The number of fused-ring (bicyclic) bond motifs is 1. The van der Waals surface area contributed by atoms with Gasteiger partial charge in [-0.1, -0.05) is 19.6 Å². The number of rotatable bonds is 7. The number of halogens is 2. The lowest BCUT2D eigenvalue weighted by Crippen LogP contribution is -2.44. The molecule has 2 aromatic rings. The van der Waals surface area contributed by atoms with E-state index >= 15 is 0 Å². The smallest absolute Gasteiger partial charge is 0.407 e. The van der Waals surface area contributed by atoms with Crippen LogP contribution in [0.3, 0.4) is 0 Å². The van der Waals surface area contributed by atoms with E-state index < -0.39 is 20.0 Å². The molecule has 1 aliphatic rings. The van der Waals surface area contributed by atoms with Crippen molar-refractivity contribution in [3.63, 3.8) is 0 Å². The molecule has 3 heterocycles. The van der Waals surface area contributed by atoms with Crippen molar-refractivity contribution in [2.24, 2.45) is 0 Å². The fraction of sp³-hybridized carbons (Fsp3) is 0.611. The minimum atomic E-state index is -1.21. The van der Waals surface area contributed by atoms with E-state index in [4.69, 9.17) is 16.3 Å². The van der Waals surface area contributed by atoms with Gasteiger partial charge in [0, 0.05) is 40.0 Å². The molecular formula is C18H27ClFN5O3Si. The SMILES string of the molecule is C[Si](C)(C)CCOCn1cc(F)c2c(N[C@@H]3CCCN(C(=O)O)C3)nc(Cl)nc21. The van der Waals surface area contributed by atoms with Crippen molar-refractivity contribution < 1.29 is 19.0 Å². The summed E-state index contributed by atoms with van der Waals surface area (Å²) in [6, 6.07) is 0.837. The Hall–Kier alpha value is -1.91. The van der Waals surface area contributed by atoms with Gasteiger partial charge in [0.2, 0.25) is 5.28 Å². The Bertz CT molecular complexity index is 888. The lowest BCUT2D eigenvalue weighted by molar-refractivity contribution is 0.0895. The minimum absolute atomic E-state index is 0.00708. The standard InChI is InChI=1S/C18H27ClFN5O3Si/c1-29(2,3)8-7-28-11-25-10-13(20)14-15(22-17(19)23-16(14)25)21-12-5-4-6-24(9-12)18(26)27/h10,12H,4-9,11H2,1-3H3,(H,26,27)(H,21,22,23)/t12-/m1/s1. The number of carboxylic acid groups (broad SMARTS) is 1. The number of hydrogen-bond acceptors (Lipinski definition) is 5. The third-order valence-electron chi connectivity index (χ3n) is 4.90. The van der Waals surface area contributed by atoms with Crippen LogP contribution < -0.4 is 5.32 Å². The van der Waals surface area contributed by atoms with Crippen LogP contribution in [-0.4, -0.2) is 64.4 Å². The summed E-state index contributed by atoms with van der Waals surface area (Å²) in [5.41, 5.74) is 0.351. The van der Waals surface area contributed by atoms with Crippen molar-refractivity contribution in [1.29, 1.82) is 0 Å². The van der Waals surface area contributed by atoms with Crippen LogP contribution >= 0.6 is 11.6 Å². The van der Waals surface area contributed by atoms with E-state index in [0.717, 1.165) is 18.9 Å². The van der Waals surface area contributed by atoms with E-state index in [1.54, 1.807) is 4.57 Å². The number of ether oxygens (including phenoxy) is 1. The van der Waals surface area contributed by atoms with Gasteiger partial charge in [-0.05, 0) is 30.5 Å². The van der Waals surface area contributed by atoms with Gasteiger partial charge >= 0.3 is 6.09 Å². The zero-order chi connectivity index (χ0) is 21.2. The second kappa shape index (κ2) is 8.84. The summed E-state index contributed by atoms with van der Waals surface area (Å²) in [4.78, 5) is 20.9. The molecule has 1 atom stereocenters. The molecule has 0 bridgehead atoms. The summed E-state index contributed by atoms with van der Waals surface area (Å²) in [7, 11) is -1.21. The summed E-state index contributed by atoms with van der Waals surface area (Å²) in [6.45, 7) is 8.38. The highest BCUT2D eigenvalue weighted by Gasteiger charge is 2.25. The zero-order valence-corrected chi connectivity index (χ0v) is 18.7. The first kappa shape index (κ1) is 21.8. The van der Waals surface area contributed by atoms with Crippen LogP contribution in [-0.2, 0) is 11.5 Å². The van der Waals surface area contributed by atoms with Gasteiger partial charge in [-0.2, -0.15) is 9.97 Å². The first-order valence-electron chi connectivity index (χ1n) is 9.68. The Labute approximate surface area is 175 Å². The highest BCUT2D eigenvalue weighted by molar-refractivity contribution is 6.76. The first-order valence-corrected chi connectivity index (χ1v) is 13.8. The summed E-state index contributed by atoms with van der Waals surface area (Å²) in [5.74, 6) is -0.200. The Balaban J connectivity index is 1.78. The molecule has 0 aliphatic carbocycles. The Morgan fingerprint density at radius 3 is 2.90 bits per heavy atom. The van der Waals surface area contributed by atoms with Crippen LogP contribution in [0.4, 0.5) is 15.0 Å². The molecule has 1 aliphatic heterocycles. The first-order chi connectivity index (χ1) is 13.6. The van der Waals surface area contributed by atoms with E-state index in [1.165, 1.54) is 11.1 Å². The van der Waals surface area contributed by atoms with Crippen molar-refractivity contribution in [2.75, 3.05) is 25.0 Å². The maximum absolute atomic E-state index is 14.7. The van der Waals surface area contributed by atoms with Gasteiger partial charge < -0.3 is 24.6 Å². The molecule has 1 saturated heterocycles. The fourth-order valence-electron chi connectivity index (χ4n) is 3.32. The van der Waals surface area contributed by atoms with Gasteiger partial charge in [0.25, 0.3) is 0 Å². The van der Waals surface area contributed by atoms with Crippen LogP contribution in [0.1, 0.15) is 12.8 Å². The number of anilines is 1. The van der Waals surface area contributed by atoms with E-state index in [-0.39, 0.29) is 29.3 Å². The molecule has 0 radical (unpaired) electrons. The highest BCUT2D eigenvalue weighted by Crippen LogP contribution is 2.28. The number of nitrogens with one attached hydrogen (secondary N) is 1. The van der Waals surface area contributed by atoms with E-state index in [9.17, 15) is 14.3 Å². The van der Waals surface area contributed by atoms with Crippen molar-refractivity contribution >= 4 is 42.6 Å². The average Bonchev–Trinajstić information content (AvgIpc) is 2.94. The van der Waals surface area contributed by atoms with Gasteiger partial charge in [-0.15, -0.1) is 0 Å². The van der Waals surface area contributed by atoms with Crippen LogP contribution in [0.2, 0.25) is 31.0 Å². The van der Waals surface area contributed by atoms with E-state index in [2.05, 4.69) is 34.9 Å². The summed E-state index contributed by atoms with van der Waals surface area (Å²) in [6.07, 6.45) is 1.85. The molecule has 8 nitrogen and oxygen atoms in total. The molecule has 2 N–H and O–H groups in total. The number of aromatic nitrogens is 3. The number of hydrogen-bond donors (Lipinski definition) is 2. The second-order valence-corrected chi connectivity index (χ2v) is 14.5. The lowest BCUT2D eigenvalue weighted by atomic mass is 10.1. The van der Waals surface area contributed by atoms with Crippen LogP contribution in [0.5, 0.6) is 0 Å². The Kier molecular flexibility index (Phi) is 6.64. The Morgan fingerprint density at radius 1 is 1.45 bits per heavy atom. The molecule has 0 saturated carbocycles. The molecule has 1 fully saturated rings. The minimum Gasteiger partial charge on any atom is -0.465 e. The second-order valence-electron chi connectivity index (χ2n) is 8.55. The summed E-state index contributed by atoms with van der Waals surface area (Å²) in [5, 5.41) is 12.6. The van der Waals surface area contributed by atoms with Crippen molar-refractivity contribution in [2.45, 2.75) is 51.3 Å². The third-order valence-corrected chi connectivity index (χ3v) is 6.78. The summed E-state index contributed by atoms with van der Waals surface area (Å²) < 4.78 is 22.0. The molecular weight excluding hydrogens is 417 g/mol. The van der Waals surface area contributed by atoms with Crippen LogP contribution in [0.15, 0.2) is 6.20 Å². The predicted octanol–water partition coefficient (Wildman–Crippen LogP) is 4.09. The predicted molar refractivity (Wildman–Crippen MR) is 113 cm³/mol. The maximum Gasteiger partial charge on any atom is 0.407 e. The van der Waals surface area contributed by atoms with E-state index in [0.29, 0.717) is 25.3 Å². The molecule has 0 unspecified atom stereocenters. The Morgan fingerprint density at radius 2 is 2.21 bits per heavy atom. The zero-order valence-electron chi connectivity index (χ0n) is 16.9. The quantitative estimate of drug-likeness (QED) is 0.380. The average molecular weight is 444 g/mol. The number of amides is 1. The van der Waals surface area contributed by atoms with Gasteiger partial charge in [-0.3, -0.25) is 0 Å². The molecule has 160 valence electrons. The maximum atomic E-state index is 14.7. The van der Waals surface area contributed by atoms with Crippen LogP contribution in [0, 0.1) is 5.82 Å². The molecule has 3 rings (SSSR count). The molecule has 11 heteroatoms. The van der Waals surface area contributed by atoms with Gasteiger partial charge in [0.1, 0.15) is 12.5 Å². The highest BCUT2D eigenvalue weighted by atomic mass is 35.5. The van der Waals surface area contributed by atoms with Crippen molar-refractivity contribution in [1.82, 2.24) is 19.4 Å². The molecule has 29 heavy (non-hydrogen) atoms. The number of carbonyl (C=O) groups is 1. The normalized spacial score (nSPS) is 17.7. The van der Waals surface area contributed by atoms with Crippen LogP contribution in [0.25, 0.3) is 11.0 Å².